The molecule has 0 saturated heterocycles. The molecule has 0 saturated carbocycles. The number of hydrogen-bond donors (Lipinski definition) is 1. The number of carbonyl (C=O) groups excluding carboxylic acids is 1. The molecule has 1 aromatic heterocycles. The third kappa shape index (κ3) is 3.37. The highest BCUT2D eigenvalue weighted by atomic mass is 19.1. The van der Waals surface area contributed by atoms with E-state index in [-0.39, 0.29) is 11.6 Å². The van der Waals surface area contributed by atoms with Crippen molar-refractivity contribution in [3.8, 4) is 0 Å². The normalized spacial score (nSPS) is 10.2. The van der Waals surface area contributed by atoms with Gasteiger partial charge in [0.25, 0.3) is 5.91 Å². The van der Waals surface area contributed by atoms with E-state index in [0.717, 1.165) is 6.54 Å². The van der Waals surface area contributed by atoms with Crippen LogP contribution < -0.4 is 10.2 Å². The topological polar surface area (TPSA) is 45.2 Å². The number of amides is 1. The molecule has 0 aliphatic carbocycles. The van der Waals surface area contributed by atoms with Crippen molar-refractivity contribution in [2.24, 2.45) is 0 Å². The summed E-state index contributed by atoms with van der Waals surface area (Å²) in [6.07, 6.45) is 1.50. The predicted molar refractivity (Wildman–Crippen MR) is 82.2 cm³/mol. The summed E-state index contributed by atoms with van der Waals surface area (Å²) >= 11 is 0. The van der Waals surface area contributed by atoms with Gasteiger partial charge in [-0.05, 0) is 38.1 Å². The molecule has 21 heavy (non-hydrogen) atoms. The first kappa shape index (κ1) is 15.0. The van der Waals surface area contributed by atoms with Gasteiger partial charge in [0.15, 0.2) is 0 Å². The molecule has 1 N–H and O–H groups in total. The number of benzene rings is 1. The lowest BCUT2D eigenvalue weighted by Crippen LogP contribution is -2.31. The summed E-state index contributed by atoms with van der Waals surface area (Å²) in [5.41, 5.74) is 0.711. The molecule has 1 heterocycles. The zero-order chi connectivity index (χ0) is 15.2. The Labute approximate surface area is 123 Å². The molecule has 0 aliphatic heterocycles. The van der Waals surface area contributed by atoms with Crippen LogP contribution in [0.4, 0.5) is 15.9 Å². The molecule has 0 aliphatic rings. The Morgan fingerprint density at radius 2 is 2.00 bits per heavy atom. The number of anilines is 2. The van der Waals surface area contributed by atoms with Gasteiger partial charge in [-0.3, -0.25) is 4.79 Å². The lowest BCUT2D eigenvalue weighted by atomic mass is 10.2. The molecule has 0 unspecified atom stereocenters. The van der Waals surface area contributed by atoms with Crippen LogP contribution >= 0.6 is 0 Å². The Hall–Kier alpha value is -2.43. The van der Waals surface area contributed by atoms with Gasteiger partial charge in [0.1, 0.15) is 11.6 Å². The summed E-state index contributed by atoms with van der Waals surface area (Å²) in [5.74, 6) is 0.0334. The van der Waals surface area contributed by atoms with Crippen LogP contribution in [0, 0.1) is 5.82 Å². The van der Waals surface area contributed by atoms with E-state index >= 15 is 0 Å². The van der Waals surface area contributed by atoms with Crippen molar-refractivity contribution in [1.82, 2.24) is 4.98 Å². The zero-order valence-corrected chi connectivity index (χ0v) is 12.1. The van der Waals surface area contributed by atoms with Gasteiger partial charge in [-0.25, -0.2) is 9.37 Å². The first-order chi connectivity index (χ1) is 10.2. The summed E-state index contributed by atoms with van der Waals surface area (Å²) < 4.78 is 13.8. The highest BCUT2D eigenvalue weighted by Crippen LogP contribution is 2.20. The Bertz CT molecular complexity index is 613. The predicted octanol–water partition coefficient (Wildman–Crippen LogP) is 3.32. The fourth-order valence-corrected chi connectivity index (χ4v) is 2.06. The molecule has 0 atom stereocenters. The quantitative estimate of drug-likeness (QED) is 0.917. The minimum atomic E-state index is -0.412. The van der Waals surface area contributed by atoms with Crippen molar-refractivity contribution < 1.29 is 9.18 Å². The van der Waals surface area contributed by atoms with Gasteiger partial charge in [0, 0.05) is 19.3 Å². The number of pyridine rings is 1. The molecule has 5 heteroatoms. The van der Waals surface area contributed by atoms with Gasteiger partial charge in [-0.15, -0.1) is 0 Å². The number of nitrogens with zero attached hydrogens (tertiary/aromatic N) is 2. The van der Waals surface area contributed by atoms with Crippen LogP contribution in [0.2, 0.25) is 0 Å². The summed E-state index contributed by atoms with van der Waals surface area (Å²) in [6, 6.07) is 9.68. The van der Waals surface area contributed by atoms with Gasteiger partial charge in [0.05, 0.1) is 11.3 Å². The van der Waals surface area contributed by atoms with Crippen LogP contribution in [-0.4, -0.2) is 24.0 Å². The average Bonchev–Trinajstić information content (AvgIpc) is 2.51. The summed E-state index contributed by atoms with van der Waals surface area (Å²) in [6.45, 7) is 4.92. The van der Waals surface area contributed by atoms with E-state index in [1.165, 1.54) is 17.2 Å². The average molecular weight is 287 g/mol. The molecular formula is C16H18FN3O. The zero-order valence-electron chi connectivity index (χ0n) is 12.1. The molecule has 0 spiro atoms. The van der Waals surface area contributed by atoms with E-state index in [2.05, 4.69) is 10.3 Å². The number of para-hydroxylation sites is 1. The Kier molecular flexibility index (Phi) is 4.87. The van der Waals surface area contributed by atoms with Crippen molar-refractivity contribution in [2.75, 3.05) is 23.3 Å². The van der Waals surface area contributed by atoms with Crippen LogP contribution in [0.1, 0.15) is 24.2 Å². The fourth-order valence-electron chi connectivity index (χ4n) is 2.06. The monoisotopic (exact) mass is 287 g/mol. The first-order valence-corrected chi connectivity index (χ1v) is 6.93. The molecule has 0 fully saturated rings. The number of aromatic nitrogens is 1. The largest absolute Gasteiger partial charge is 0.370 e. The van der Waals surface area contributed by atoms with Crippen LogP contribution in [-0.2, 0) is 0 Å². The molecular weight excluding hydrogens is 269 g/mol. The van der Waals surface area contributed by atoms with Crippen molar-refractivity contribution in [3.05, 3.63) is 54.0 Å². The molecule has 1 amide bonds. The maximum absolute atomic E-state index is 13.8. The van der Waals surface area contributed by atoms with Crippen LogP contribution in [0.15, 0.2) is 42.6 Å². The minimum Gasteiger partial charge on any atom is -0.370 e. The number of halogens is 1. The Morgan fingerprint density at radius 1 is 1.24 bits per heavy atom. The highest BCUT2D eigenvalue weighted by molar-refractivity contribution is 6.06. The maximum atomic E-state index is 13.8. The SMILES string of the molecule is CCNc1ccc(C(=O)N(CC)c2ccccc2F)cn1. The lowest BCUT2D eigenvalue weighted by molar-refractivity contribution is 0.0987. The molecule has 1 aromatic carbocycles. The van der Waals surface area contributed by atoms with Gasteiger partial charge < -0.3 is 10.2 Å². The lowest BCUT2D eigenvalue weighted by Gasteiger charge is -2.21. The van der Waals surface area contributed by atoms with Crippen LogP contribution in [0.5, 0.6) is 0 Å². The van der Waals surface area contributed by atoms with E-state index in [4.69, 9.17) is 0 Å². The second-order valence-corrected chi connectivity index (χ2v) is 4.46. The summed E-state index contributed by atoms with van der Waals surface area (Å²) in [7, 11) is 0. The number of nitrogens with one attached hydrogen (secondary N) is 1. The minimum absolute atomic E-state index is 0.266. The summed E-state index contributed by atoms with van der Waals surface area (Å²) in [5, 5.41) is 3.06. The smallest absolute Gasteiger partial charge is 0.259 e. The number of hydrogen-bond acceptors (Lipinski definition) is 3. The van der Waals surface area contributed by atoms with Gasteiger partial charge in [-0.1, -0.05) is 12.1 Å². The Morgan fingerprint density at radius 3 is 2.57 bits per heavy atom. The molecule has 0 bridgehead atoms. The molecule has 0 radical (unpaired) electrons. The molecule has 4 nitrogen and oxygen atoms in total. The van der Waals surface area contributed by atoms with Gasteiger partial charge in [-0.2, -0.15) is 0 Å². The summed E-state index contributed by atoms with van der Waals surface area (Å²) in [4.78, 5) is 18.1. The molecule has 2 aromatic rings. The van der Waals surface area contributed by atoms with E-state index in [9.17, 15) is 9.18 Å². The molecule has 110 valence electrons. The van der Waals surface area contributed by atoms with E-state index in [1.54, 1.807) is 30.3 Å². The third-order valence-electron chi connectivity index (χ3n) is 3.07. The van der Waals surface area contributed by atoms with E-state index in [0.29, 0.717) is 17.9 Å². The fraction of sp³-hybridized carbons (Fsp3) is 0.250. The van der Waals surface area contributed by atoms with Gasteiger partial charge in [0.2, 0.25) is 0 Å². The second kappa shape index (κ2) is 6.83. The number of carbonyl (C=O) groups is 1. The Balaban J connectivity index is 2.26. The third-order valence-corrected chi connectivity index (χ3v) is 3.07. The van der Waals surface area contributed by atoms with Crippen molar-refractivity contribution in [1.29, 1.82) is 0 Å². The molecule has 2 rings (SSSR count). The highest BCUT2D eigenvalue weighted by Gasteiger charge is 2.19. The standard InChI is InChI=1S/C16H18FN3O/c1-3-18-15-10-9-12(11-19-15)16(21)20(4-2)14-8-6-5-7-13(14)17/h5-11H,3-4H2,1-2H3,(H,18,19). The number of rotatable bonds is 5. The second-order valence-electron chi connectivity index (χ2n) is 4.46. The van der Waals surface area contributed by atoms with Crippen molar-refractivity contribution in [3.63, 3.8) is 0 Å². The van der Waals surface area contributed by atoms with Crippen molar-refractivity contribution >= 4 is 17.4 Å². The van der Waals surface area contributed by atoms with Crippen LogP contribution in [0.3, 0.4) is 0 Å². The maximum Gasteiger partial charge on any atom is 0.259 e. The van der Waals surface area contributed by atoms with Crippen LogP contribution in [0.25, 0.3) is 0 Å². The van der Waals surface area contributed by atoms with Gasteiger partial charge >= 0.3 is 0 Å². The van der Waals surface area contributed by atoms with Crippen molar-refractivity contribution in [2.45, 2.75) is 13.8 Å². The first-order valence-electron chi connectivity index (χ1n) is 6.93. The van der Waals surface area contributed by atoms with E-state index < -0.39 is 5.82 Å². The van der Waals surface area contributed by atoms with E-state index in [1.807, 2.05) is 13.8 Å².